The van der Waals surface area contributed by atoms with E-state index >= 15 is 0 Å². The lowest BCUT2D eigenvalue weighted by Crippen LogP contribution is -2.28. The zero-order valence-electron chi connectivity index (χ0n) is 11.6. The van der Waals surface area contributed by atoms with E-state index in [1.165, 1.54) is 6.26 Å². The first kappa shape index (κ1) is 13.9. The standard InChI is InChI=1S/C15H13N3O4/c19-14(10-21-11-5-2-1-3-6-11)16-9-13-17-15(22-18-13)12-7-4-8-20-12/h1-8H,9-10H2,(H,16,19). The predicted molar refractivity (Wildman–Crippen MR) is 75.8 cm³/mol. The minimum absolute atomic E-state index is 0.0765. The van der Waals surface area contributed by atoms with E-state index in [2.05, 4.69) is 15.5 Å². The van der Waals surface area contributed by atoms with E-state index in [1.54, 1.807) is 24.3 Å². The molecule has 7 heteroatoms. The van der Waals surface area contributed by atoms with Crippen molar-refractivity contribution in [3.05, 3.63) is 54.6 Å². The summed E-state index contributed by atoms with van der Waals surface area (Å²) in [6.07, 6.45) is 1.52. The Bertz CT molecular complexity index is 722. The topological polar surface area (TPSA) is 90.4 Å². The summed E-state index contributed by atoms with van der Waals surface area (Å²) < 4.78 is 15.5. The molecule has 2 heterocycles. The average molecular weight is 299 g/mol. The Kier molecular flexibility index (Phi) is 4.15. The second kappa shape index (κ2) is 6.57. The largest absolute Gasteiger partial charge is 0.484 e. The van der Waals surface area contributed by atoms with Gasteiger partial charge in [-0.2, -0.15) is 4.98 Å². The molecule has 0 aliphatic heterocycles. The number of furan rings is 1. The van der Waals surface area contributed by atoms with Crippen LogP contribution in [0.4, 0.5) is 0 Å². The number of rotatable bonds is 6. The van der Waals surface area contributed by atoms with Gasteiger partial charge in [0.15, 0.2) is 18.2 Å². The second-order valence-corrected chi connectivity index (χ2v) is 4.37. The lowest BCUT2D eigenvalue weighted by atomic mass is 10.3. The van der Waals surface area contributed by atoms with Crippen LogP contribution in [0.25, 0.3) is 11.7 Å². The molecule has 1 N–H and O–H groups in total. The molecule has 7 nitrogen and oxygen atoms in total. The van der Waals surface area contributed by atoms with Crippen LogP contribution in [0.5, 0.6) is 5.75 Å². The quantitative estimate of drug-likeness (QED) is 0.749. The number of benzene rings is 1. The predicted octanol–water partition coefficient (Wildman–Crippen LogP) is 2.02. The van der Waals surface area contributed by atoms with Crippen molar-refractivity contribution in [1.29, 1.82) is 0 Å². The summed E-state index contributed by atoms with van der Waals surface area (Å²) in [7, 11) is 0. The van der Waals surface area contributed by atoms with Crippen molar-refractivity contribution in [1.82, 2.24) is 15.5 Å². The van der Waals surface area contributed by atoms with Crippen LogP contribution in [0, 0.1) is 0 Å². The molecule has 2 aromatic heterocycles. The normalized spacial score (nSPS) is 10.4. The van der Waals surface area contributed by atoms with Crippen molar-refractivity contribution < 1.29 is 18.5 Å². The SMILES string of the molecule is O=C(COc1ccccc1)NCc1noc(-c2ccco2)n1. The molecule has 0 saturated heterocycles. The Labute approximate surface area is 125 Å². The van der Waals surface area contributed by atoms with E-state index in [-0.39, 0.29) is 24.9 Å². The van der Waals surface area contributed by atoms with Crippen LogP contribution in [0.15, 0.2) is 57.7 Å². The van der Waals surface area contributed by atoms with Crippen molar-refractivity contribution in [3.63, 3.8) is 0 Å². The molecule has 3 aromatic rings. The summed E-state index contributed by atoms with van der Waals surface area (Å²) in [5.74, 6) is 1.48. The number of amides is 1. The number of carbonyl (C=O) groups is 1. The molecule has 1 amide bonds. The van der Waals surface area contributed by atoms with Crippen molar-refractivity contribution in [2.24, 2.45) is 0 Å². The van der Waals surface area contributed by atoms with Crippen LogP contribution in [0.3, 0.4) is 0 Å². The van der Waals surface area contributed by atoms with Gasteiger partial charge in [-0.3, -0.25) is 4.79 Å². The number of para-hydroxylation sites is 1. The van der Waals surface area contributed by atoms with Crippen molar-refractivity contribution >= 4 is 5.91 Å². The van der Waals surface area contributed by atoms with Crippen molar-refractivity contribution in [2.45, 2.75) is 6.54 Å². The molecule has 0 unspecified atom stereocenters. The zero-order valence-corrected chi connectivity index (χ0v) is 11.6. The fourth-order valence-corrected chi connectivity index (χ4v) is 1.72. The molecule has 0 atom stereocenters. The first-order valence-electron chi connectivity index (χ1n) is 6.62. The Balaban J connectivity index is 1.47. The van der Waals surface area contributed by atoms with E-state index in [1.807, 2.05) is 18.2 Å². The number of nitrogens with one attached hydrogen (secondary N) is 1. The van der Waals surface area contributed by atoms with Crippen LogP contribution in [0.2, 0.25) is 0 Å². The van der Waals surface area contributed by atoms with Gasteiger partial charge in [-0.25, -0.2) is 0 Å². The van der Waals surface area contributed by atoms with Crippen LogP contribution in [0.1, 0.15) is 5.82 Å². The third-order valence-electron chi connectivity index (χ3n) is 2.76. The number of ether oxygens (including phenoxy) is 1. The van der Waals surface area contributed by atoms with Crippen LogP contribution in [-0.4, -0.2) is 22.7 Å². The van der Waals surface area contributed by atoms with Gasteiger partial charge in [0.25, 0.3) is 11.8 Å². The van der Waals surface area contributed by atoms with Gasteiger partial charge in [0, 0.05) is 0 Å². The molecule has 0 saturated carbocycles. The minimum atomic E-state index is -0.270. The fourth-order valence-electron chi connectivity index (χ4n) is 1.72. The summed E-state index contributed by atoms with van der Waals surface area (Å²) >= 11 is 0. The second-order valence-electron chi connectivity index (χ2n) is 4.37. The molecule has 0 aliphatic rings. The van der Waals surface area contributed by atoms with Crippen molar-refractivity contribution in [3.8, 4) is 17.4 Å². The molecule has 112 valence electrons. The number of aromatic nitrogens is 2. The van der Waals surface area contributed by atoms with Gasteiger partial charge in [0.1, 0.15) is 5.75 Å². The summed E-state index contributed by atoms with van der Waals surface area (Å²) in [5, 5.41) is 6.41. The first-order valence-corrected chi connectivity index (χ1v) is 6.62. The molecular formula is C15H13N3O4. The van der Waals surface area contributed by atoms with Crippen LogP contribution >= 0.6 is 0 Å². The van der Waals surface area contributed by atoms with Gasteiger partial charge >= 0.3 is 0 Å². The third-order valence-corrected chi connectivity index (χ3v) is 2.76. The highest BCUT2D eigenvalue weighted by molar-refractivity contribution is 5.77. The molecule has 0 aliphatic carbocycles. The van der Waals surface area contributed by atoms with Gasteiger partial charge in [0.2, 0.25) is 0 Å². The van der Waals surface area contributed by atoms with Crippen LogP contribution < -0.4 is 10.1 Å². The van der Waals surface area contributed by atoms with E-state index in [4.69, 9.17) is 13.7 Å². The molecule has 0 bridgehead atoms. The number of hydrogen-bond acceptors (Lipinski definition) is 6. The highest BCUT2D eigenvalue weighted by Gasteiger charge is 2.11. The Hall–Kier alpha value is -3.09. The van der Waals surface area contributed by atoms with Gasteiger partial charge in [-0.05, 0) is 24.3 Å². The summed E-state index contributed by atoms with van der Waals surface area (Å²) in [4.78, 5) is 15.8. The lowest BCUT2D eigenvalue weighted by molar-refractivity contribution is -0.123. The summed E-state index contributed by atoms with van der Waals surface area (Å²) in [6, 6.07) is 12.5. The molecule has 1 aromatic carbocycles. The number of nitrogens with zero attached hydrogens (tertiary/aromatic N) is 2. The Morgan fingerprint density at radius 2 is 2.05 bits per heavy atom. The Morgan fingerprint density at radius 3 is 2.82 bits per heavy atom. The zero-order chi connectivity index (χ0) is 15.2. The van der Waals surface area contributed by atoms with E-state index in [0.29, 0.717) is 17.3 Å². The minimum Gasteiger partial charge on any atom is -0.484 e. The van der Waals surface area contributed by atoms with Gasteiger partial charge < -0.3 is 19.0 Å². The highest BCUT2D eigenvalue weighted by Crippen LogP contribution is 2.16. The maximum Gasteiger partial charge on any atom is 0.293 e. The van der Waals surface area contributed by atoms with Crippen molar-refractivity contribution in [2.75, 3.05) is 6.61 Å². The smallest absolute Gasteiger partial charge is 0.293 e. The molecule has 3 rings (SSSR count). The maximum absolute atomic E-state index is 11.7. The molecular weight excluding hydrogens is 286 g/mol. The lowest BCUT2D eigenvalue weighted by Gasteiger charge is -2.05. The van der Waals surface area contributed by atoms with E-state index in [9.17, 15) is 4.79 Å². The molecule has 0 fully saturated rings. The highest BCUT2D eigenvalue weighted by atomic mass is 16.5. The number of hydrogen-bond donors (Lipinski definition) is 1. The van der Waals surface area contributed by atoms with Crippen LogP contribution in [-0.2, 0) is 11.3 Å². The van der Waals surface area contributed by atoms with E-state index in [0.717, 1.165) is 0 Å². The molecule has 0 spiro atoms. The number of carbonyl (C=O) groups excluding carboxylic acids is 1. The van der Waals surface area contributed by atoms with Gasteiger partial charge in [0.05, 0.1) is 12.8 Å². The summed E-state index contributed by atoms with van der Waals surface area (Å²) in [5.41, 5.74) is 0. The maximum atomic E-state index is 11.7. The summed E-state index contributed by atoms with van der Waals surface area (Å²) in [6.45, 7) is 0.0775. The monoisotopic (exact) mass is 299 g/mol. The van der Waals surface area contributed by atoms with E-state index < -0.39 is 0 Å². The third kappa shape index (κ3) is 3.51. The fraction of sp³-hybridized carbons (Fsp3) is 0.133. The first-order chi connectivity index (χ1) is 10.8. The van der Waals surface area contributed by atoms with Gasteiger partial charge in [-0.1, -0.05) is 23.4 Å². The van der Waals surface area contributed by atoms with Gasteiger partial charge in [-0.15, -0.1) is 0 Å². The average Bonchev–Trinajstić information content (AvgIpc) is 3.22. The molecule has 0 radical (unpaired) electrons. The Morgan fingerprint density at radius 1 is 1.18 bits per heavy atom. The molecule has 22 heavy (non-hydrogen) atoms.